The van der Waals surface area contributed by atoms with E-state index in [-0.39, 0.29) is 29.4 Å². The van der Waals surface area contributed by atoms with Gasteiger partial charge in [0, 0.05) is 17.5 Å². The fourth-order valence-corrected chi connectivity index (χ4v) is 2.67. The standard InChI is InChI=1S/C22H32N4O2.HI/c1-5-23-21(26-14-20-24-13-19(28-20)22(2,3)4)25-12-17-8-6-7-9-18(17)27-15-16-10-11-16;/h6-9,13,16H,5,10-12,14-15H2,1-4H3,(H2,23,25,26);1H. The van der Waals surface area contributed by atoms with Crippen LogP contribution < -0.4 is 15.4 Å². The van der Waals surface area contributed by atoms with Crippen molar-refractivity contribution >= 4 is 29.9 Å². The Hall–Kier alpha value is -1.77. The van der Waals surface area contributed by atoms with Crippen LogP contribution in [0.5, 0.6) is 5.75 Å². The smallest absolute Gasteiger partial charge is 0.213 e. The number of benzene rings is 1. The summed E-state index contributed by atoms with van der Waals surface area (Å²) < 4.78 is 11.8. The van der Waals surface area contributed by atoms with Crippen LogP contribution in [0.2, 0.25) is 0 Å². The lowest BCUT2D eigenvalue weighted by Gasteiger charge is -2.14. The first-order valence-corrected chi connectivity index (χ1v) is 10.1. The molecule has 1 fully saturated rings. The van der Waals surface area contributed by atoms with Crippen molar-refractivity contribution in [1.82, 2.24) is 15.6 Å². The Labute approximate surface area is 190 Å². The largest absolute Gasteiger partial charge is 0.493 e. The zero-order valence-corrected chi connectivity index (χ0v) is 20.2. The van der Waals surface area contributed by atoms with Gasteiger partial charge < -0.3 is 19.8 Å². The van der Waals surface area contributed by atoms with Gasteiger partial charge in [0.15, 0.2) is 5.96 Å². The van der Waals surface area contributed by atoms with E-state index >= 15 is 0 Å². The highest BCUT2D eigenvalue weighted by atomic mass is 127. The van der Waals surface area contributed by atoms with E-state index in [1.54, 1.807) is 6.20 Å². The first-order valence-electron chi connectivity index (χ1n) is 10.1. The Morgan fingerprint density at radius 2 is 2.00 bits per heavy atom. The minimum absolute atomic E-state index is 0. The average molecular weight is 512 g/mol. The second kappa shape index (κ2) is 10.8. The fourth-order valence-electron chi connectivity index (χ4n) is 2.67. The molecule has 1 aliphatic rings. The van der Waals surface area contributed by atoms with Gasteiger partial charge >= 0.3 is 0 Å². The van der Waals surface area contributed by atoms with Crippen LogP contribution in [0.25, 0.3) is 0 Å². The molecule has 160 valence electrons. The highest BCUT2D eigenvalue weighted by Crippen LogP contribution is 2.30. The number of aromatic nitrogens is 1. The van der Waals surface area contributed by atoms with Gasteiger partial charge in [-0.05, 0) is 31.7 Å². The normalized spacial score (nSPS) is 14.3. The van der Waals surface area contributed by atoms with Gasteiger partial charge in [0.25, 0.3) is 0 Å². The number of aliphatic imine (C=N–C) groups is 1. The van der Waals surface area contributed by atoms with Gasteiger partial charge in [-0.3, -0.25) is 0 Å². The van der Waals surface area contributed by atoms with Gasteiger partial charge in [-0.15, -0.1) is 24.0 Å². The summed E-state index contributed by atoms with van der Waals surface area (Å²) >= 11 is 0. The minimum atomic E-state index is -0.0476. The highest BCUT2D eigenvalue weighted by Gasteiger charge is 2.22. The summed E-state index contributed by atoms with van der Waals surface area (Å²) in [7, 11) is 0. The van der Waals surface area contributed by atoms with Crippen molar-refractivity contribution in [3.8, 4) is 5.75 Å². The van der Waals surface area contributed by atoms with Gasteiger partial charge in [0.05, 0.1) is 25.9 Å². The second-order valence-corrected chi connectivity index (χ2v) is 8.28. The van der Waals surface area contributed by atoms with E-state index in [1.807, 2.05) is 25.1 Å². The fraction of sp³-hybridized carbons (Fsp3) is 0.545. The number of nitrogens with one attached hydrogen (secondary N) is 2. The maximum absolute atomic E-state index is 5.98. The molecule has 1 saturated carbocycles. The van der Waals surface area contributed by atoms with E-state index in [4.69, 9.17) is 14.1 Å². The minimum Gasteiger partial charge on any atom is -0.493 e. The third-order valence-corrected chi connectivity index (χ3v) is 4.60. The van der Waals surface area contributed by atoms with E-state index in [0.29, 0.717) is 19.0 Å². The number of ether oxygens (including phenoxy) is 1. The predicted octanol–water partition coefficient (Wildman–Crippen LogP) is 4.63. The molecule has 0 aliphatic heterocycles. The SMILES string of the molecule is CCNC(=NCc1ccccc1OCC1CC1)NCc1ncc(C(C)(C)C)o1.I. The van der Waals surface area contributed by atoms with Gasteiger partial charge in [-0.2, -0.15) is 0 Å². The number of halogens is 1. The zero-order valence-electron chi connectivity index (χ0n) is 17.8. The van der Waals surface area contributed by atoms with E-state index in [1.165, 1.54) is 12.8 Å². The number of guanidine groups is 1. The van der Waals surface area contributed by atoms with Crippen LogP contribution in [0.3, 0.4) is 0 Å². The molecule has 1 heterocycles. The molecule has 1 aromatic heterocycles. The second-order valence-electron chi connectivity index (χ2n) is 8.28. The van der Waals surface area contributed by atoms with E-state index in [2.05, 4.69) is 42.5 Å². The molecule has 7 heteroatoms. The Kier molecular flexibility index (Phi) is 8.79. The summed E-state index contributed by atoms with van der Waals surface area (Å²) in [6.07, 6.45) is 4.37. The first kappa shape index (κ1) is 23.5. The molecule has 2 N–H and O–H groups in total. The van der Waals surface area contributed by atoms with Crippen molar-refractivity contribution in [2.75, 3.05) is 13.2 Å². The third kappa shape index (κ3) is 7.53. The first-order chi connectivity index (χ1) is 13.5. The third-order valence-electron chi connectivity index (χ3n) is 4.60. The van der Waals surface area contributed by atoms with Crippen molar-refractivity contribution in [1.29, 1.82) is 0 Å². The predicted molar refractivity (Wildman–Crippen MR) is 127 cm³/mol. The molecule has 1 aromatic carbocycles. The molecule has 1 aliphatic carbocycles. The molecular weight excluding hydrogens is 479 g/mol. The van der Waals surface area contributed by atoms with Crippen LogP contribution in [0.4, 0.5) is 0 Å². The van der Waals surface area contributed by atoms with Gasteiger partial charge in [0.1, 0.15) is 11.5 Å². The van der Waals surface area contributed by atoms with Crippen LogP contribution in [0, 0.1) is 5.92 Å². The topological polar surface area (TPSA) is 71.7 Å². The molecule has 6 nitrogen and oxygen atoms in total. The molecule has 0 bridgehead atoms. The number of hydrogen-bond donors (Lipinski definition) is 2. The summed E-state index contributed by atoms with van der Waals surface area (Å²) in [5.74, 6) is 3.93. The average Bonchev–Trinajstić information content (AvgIpc) is 3.36. The molecule has 3 rings (SSSR count). The number of oxazole rings is 1. The van der Waals surface area contributed by atoms with Gasteiger partial charge in [-0.1, -0.05) is 39.0 Å². The lowest BCUT2D eigenvalue weighted by atomic mass is 9.94. The van der Waals surface area contributed by atoms with Crippen molar-refractivity contribution in [2.45, 2.75) is 59.0 Å². The number of hydrogen-bond acceptors (Lipinski definition) is 4. The van der Waals surface area contributed by atoms with E-state index < -0.39 is 0 Å². The summed E-state index contributed by atoms with van der Waals surface area (Å²) in [5, 5.41) is 6.56. The summed E-state index contributed by atoms with van der Waals surface area (Å²) in [6.45, 7) is 11.0. The Bertz CT molecular complexity index is 794. The molecule has 0 unspecified atom stereocenters. The molecular formula is C22H33IN4O2. The Morgan fingerprint density at radius 3 is 2.66 bits per heavy atom. The molecule has 0 amide bonds. The lowest BCUT2D eigenvalue weighted by molar-refractivity contribution is 0.297. The quantitative estimate of drug-likeness (QED) is 0.307. The van der Waals surface area contributed by atoms with Crippen molar-refractivity contribution < 1.29 is 9.15 Å². The van der Waals surface area contributed by atoms with Crippen molar-refractivity contribution in [3.63, 3.8) is 0 Å². The maximum Gasteiger partial charge on any atom is 0.213 e. The van der Waals surface area contributed by atoms with Crippen LogP contribution in [0.15, 0.2) is 39.9 Å². The molecule has 0 saturated heterocycles. The van der Waals surface area contributed by atoms with Crippen molar-refractivity contribution in [3.05, 3.63) is 47.7 Å². The summed E-state index contributed by atoms with van der Waals surface area (Å²) in [5.41, 5.74) is 1.04. The molecule has 2 aromatic rings. The Balaban J connectivity index is 0.00000300. The zero-order chi connectivity index (χ0) is 20.0. The summed E-state index contributed by atoms with van der Waals surface area (Å²) in [6, 6.07) is 8.12. The number of rotatable bonds is 8. The summed E-state index contributed by atoms with van der Waals surface area (Å²) in [4.78, 5) is 9.06. The van der Waals surface area contributed by atoms with Gasteiger partial charge in [0.2, 0.25) is 5.89 Å². The van der Waals surface area contributed by atoms with Crippen molar-refractivity contribution in [2.24, 2.45) is 10.9 Å². The van der Waals surface area contributed by atoms with Crippen LogP contribution in [0.1, 0.15) is 57.8 Å². The molecule has 29 heavy (non-hydrogen) atoms. The van der Waals surface area contributed by atoms with Crippen LogP contribution >= 0.6 is 24.0 Å². The van der Waals surface area contributed by atoms with E-state index in [9.17, 15) is 0 Å². The number of nitrogens with zero attached hydrogens (tertiary/aromatic N) is 2. The molecule has 0 spiro atoms. The van der Waals surface area contributed by atoms with Gasteiger partial charge in [-0.25, -0.2) is 9.98 Å². The highest BCUT2D eigenvalue weighted by molar-refractivity contribution is 14.0. The lowest BCUT2D eigenvalue weighted by Crippen LogP contribution is -2.36. The van der Waals surface area contributed by atoms with Crippen LogP contribution in [-0.4, -0.2) is 24.1 Å². The molecule has 0 radical (unpaired) electrons. The monoisotopic (exact) mass is 512 g/mol. The molecule has 0 atom stereocenters. The van der Waals surface area contributed by atoms with E-state index in [0.717, 1.165) is 42.1 Å². The maximum atomic E-state index is 5.98. The van der Waals surface area contributed by atoms with Crippen LogP contribution in [-0.2, 0) is 18.5 Å². The number of para-hydroxylation sites is 1. The Morgan fingerprint density at radius 1 is 1.24 bits per heavy atom.